The Morgan fingerprint density at radius 3 is 2.70 bits per heavy atom. The molecule has 1 aromatic heterocycles. The fourth-order valence-electron chi connectivity index (χ4n) is 3.95. The number of carbonyl (C=O) groups is 1. The number of hydrazone groups is 1. The summed E-state index contributed by atoms with van der Waals surface area (Å²) in [6, 6.07) is 9.83. The second kappa shape index (κ2) is 9.96. The average molecular weight is 467 g/mol. The number of nitrogens with zero attached hydrogens (tertiary/aromatic N) is 4. The molecule has 1 amide bonds. The highest BCUT2D eigenvalue weighted by Gasteiger charge is 2.32. The van der Waals surface area contributed by atoms with E-state index in [9.17, 15) is 4.79 Å². The summed E-state index contributed by atoms with van der Waals surface area (Å²) in [4.78, 5) is 24.6. The Hall–Kier alpha value is -2.85. The zero-order valence-corrected chi connectivity index (χ0v) is 19.6. The van der Waals surface area contributed by atoms with Crippen LogP contribution >= 0.6 is 11.8 Å². The third-order valence-corrected chi connectivity index (χ3v) is 6.82. The van der Waals surface area contributed by atoms with E-state index in [1.807, 2.05) is 37.3 Å². The standard InChI is InChI=1S/C23H30N8OS/c1-2-22(32)25-16-5-7-17(8-6-16)33-23-27-19(14-21(28-23)31-11-9-24-10-12-31)26-20-13-18(29-30-20)15-3-4-15/h5-8,14-15,20,24,30H,2-4,9-13H2,1H3,(H,25,32)(H,26,27,28). The van der Waals surface area contributed by atoms with E-state index >= 15 is 0 Å². The smallest absolute Gasteiger partial charge is 0.224 e. The lowest BCUT2D eigenvalue weighted by atomic mass is 10.1. The van der Waals surface area contributed by atoms with Crippen LogP contribution in [-0.4, -0.2) is 53.9 Å². The summed E-state index contributed by atoms with van der Waals surface area (Å²) in [7, 11) is 0. The highest BCUT2D eigenvalue weighted by Crippen LogP contribution is 2.34. The van der Waals surface area contributed by atoms with Crippen molar-refractivity contribution in [2.24, 2.45) is 11.0 Å². The maximum Gasteiger partial charge on any atom is 0.224 e. The Morgan fingerprint density at radius 1 is 1.18 bits per heavy atom. The summed E-state index contributed by atoms with van der Waals surface area (Å²) >= 11 is 1.52. The number of anilines is 3. The first kappa shape index (κ1) is 22.0. The van der Waals surface area contributed by atoms with Crippen LogP contribution in [0.2, 0.25) is 0 Å². The highest BCUT2D eigenvalue weighted by molar-refractivity contribution is 7.99. The monoisotopic (exact) mass is 466 g/mol. The molecule has 9 nitrogen and oxygen atoms in total. The van der Waals surface area contributed by atoms with Crippen molar-refractivity contribution in [1.29, 1.82) is 0 Å². The molecule has 4 N–H and O–H groups in total. The van der Waals surface area contributed by atoms with E-state index in [-0.39, 0.29) is 12.1 Å². The van der Waals surface area contributed by atoms with Crippen LogP contribution in [0, 0.1) is 5.92 Å². The Balaban J connectivity index is 1.32. The molecule has 0 radical (unpaired) electrons. The normalized spacial score (nSPS) is 20.2. The Morgan fingerprint density at radius 2 is 1.97 bits per heavy atom. The Kier molecular flexibility index (Phi) is 6.63. The van der Waals surface area contributed by atoms with Crippen molar-refractivity contribution in [2.75, 3.05) is 41.7 Å². The topological polar surface area (TPSA) is 107 Å². The molecule has 10 heteroatoms. The lowest BCUT2D eigenvalue weighted by Gasteiger charge is -2.29. The van der Waals surface area contributed by atoms with Gasteiger partial charge in [0, 0.05) is 61.4 Å². The van der Waals surface area contributed by atoms with Crippen LogP contribution in [0.25, 0.3) is 0 Å². The van der Waals surface area contributed by atoms with Crippen LogP contribution in [0.3, 0.4) is 0 Å². The van der Waals surface area contributed by atoms with Gasteiger partial charge in [0.1, 0.15) is 17.8 Å². The zero-order valence-electron chi connectivity index (χ0n) is 18.8. The van der Waals surface area contributed by atoms with Crippen LogP contribution in [0.15, 0.2) is 45.5 Å². The van der Waals surface area contributed by atoms with Crippen LogP contribution in [-0.2, 0) is 4.79 Å². The molecule has 1 atom stereocenters. The summed E-state index contributed by atoms with van der Waals surface area (Å²) < 4.78 is 0. The molecule has 1 saturated heterocycles. The van der Waals surface area contributed by atoms with Gasteiger partial charge in [-0.15, -0.1) is 0 Å². The van der Waals surface area contributed by atoms with Crippen molar-refractivity contribution >= 4 is 40.7 Å². The third-order valence-electron chi connectivity index (χ3n) is 5.95. The number of piperazine rings is 1. The van der Waals surface area contributed by atoms with Gasteiger partial charge in [0.05, 0.1) is 0 Å². The fraction of sp³-hybridized carbons (Fsp3) is 0.478. The summed E-state index contributed by atoms with van der Waals surface area (Å²) in [6.45, 7) is 5.58. The maximum atomic E-state index is 11.6. The molecule has 33 heavy (non-hydrogen) atoms. The molecule has 2 aromatic rings. The highest BCUT2D eigenvalue weighted by atomic mass is 32.2. The second-order valence-electron chi connectivity index (χ2n) is 8.57. The van der Waals surface area contributed by atoms with Crippen molar-refractivity contribution in [1.82, 2.24) is 20.7 Å². The van der Waals surface area contributed by atoms with Crippen molar-refractivity contribution in [2.45, 2.75) is 48.8 Å². The first-order valence-corrected chi connectivity index (χ1v) is 12.5. The van der Waals surface area contributed by atoms with Gasteiger partial charge in [-0.3, -0.25) is 10.2 Å². The van der Waals surface area contributed by atoms with Crippen molar-refractivity contribution in [3.63, 3.8) is 0 Å². The molecule has 1 saturated carbocycles. The van der Waals surface area contributed by atoms with Crippen LogP contribution in [0.1, 0.15) is 32.6 Å². The van der Waals surface area contributed by atoms with E-state index in [1.165, 1.54) is 30.3 Å². The Labute approximate surface area is 198 Å². The second-order valence-corrected chi connectivity index (χ2v) is 9.61. The molecule has 174 valence electrons. The lowest BCUT2D eigenvalue weighted by Crippen LogP contribution is -2.44. The van der Waals surface area contributed by atoms with Crippen molar-refractivity contribution in [3.8, 4) is 0 Å². The number of hydrogen-bond acceptors (Lipinski definition) is 9. The summed E-state index contributed by atoms with van der Waals surface area (Å²) in [6.07, 6.45) is 3.95. The van der Waals surface area contributed by atoms with Crippen LogP contribution in [0.5, 0.6) is 0 Å². The molecular formula is C23H30N8OS. The van der Waals surface area contributed by atoms with E-state index in [0.29, 0.717) is 17.5 Å². The molecule has 1 aromatic carbocycles. The van der Waals surface area contributed by atoms with E-state index in [4.69, 9.17) is 9.97 Å². The Bertz CT molecular complexity index is 1020. The van der Waals surface area contributed by atoms with Crippen molar-refractivity contribution < 1.29 is 4.79 Å². The van der Waals surface area contributed by atoms with E-state index < -0.39 is 0 Å². The SMILES string of the molecule is CCC(=O)Nc1ccc(Sc2nc(NC3CC(C4CC4)=NN3)cc(N3CCNCC3)n2)cc1. The average Bonchev–Trinajstić information content (AvgIpc) is 3.59. The van der Waals surface area contributed by atoms with Crippen LogP contribution in [0.4, 0.5) is 17.3 Å². The van der Waals surface area contributed by atoms with Gasteiger partial charge in [0.25, 0.3) is 0 Å². The molecule has 3 aliphatic rings. The minimum absolute atomic E-state index is 0.00696. The summed E-state index contributed by atoms with van der Waals surface area (Å²) in [5.41, 5.74) is 5.29. The van der Waals surface area contributed by atoms with Gasteiger partial charge in [-0.25, -0.2) is 9.97 Å². The predicted octanol–water partition coefficient (Wildman–Crippen LogP) is 2.88. The molecule has 3 heterocycles. The van der Waals surface area contributed by atoms with Gasteiger partial charge in [0.2, 0.25) is 5.91 Å². The summed E-state index contributed by atoms with van der Waals surface area (Å²) in [5, 5.41) is 15.0. The number of aromatic nitrogens is 2. The fourth-order valence-corrected chi connectivity index (χ4v) is 4.71. The number of hydrogen-bond donors (Lipinski definition) is 4. The lowest BCUT2D eigenvalue weighted by molar-refractivity contribution is -0.115. The number of benzene rings is 1. The predicted molar refractivity (Wildman–Crippen MR) is 132 cm³/mol. The minimum Gasteiger partial charge on any atom is -0.354 e. The van der Waals surface area contributed by atoms with Gasteiger partial charge in [-0.2, -0.15) is 5.10 Å². The quantitative estimate of drug-likeness (QED) is 0.440. The van der Waals surface area contributed by atoms with Crippen LogP contribution < -0.4 is 26.3 Å². The maximum absolute atomic E-state index is 11.6. The van der Waals surface area contributed by atoms with Gasteiger partial charge in [0.15, 0.2) is 5.16 Å². The number of nitrogens with one attached hydrogen (secondary N) is 4. The molecule has 2 aliphatic heterocycles. The molecule has 0 bridgehead atoms. The molecule has 5 rings (SSSR count). The number of rotatable bonds is 8. The van der Waals surface area contributed by atoms with E-state index in [1.54, 1.807) is 0 Å². The first-order valence-electron chi connectivity index (χ1n) is 11.7. The first-order chi connectivity index (χ1) is 16.2. The molecule has 0 spiro atoms. The van der Waals surface area contributed by atoms with Gasteiger partial charge >= 0.3 is 0 Å². The summed E-state index contributed by atoms with van der Waals surface area (Å²) in [5.74, 6) is 2.41. The van der Waals surface area contributed by atoms with Gasteiger partial charge < -0.3 is 20.9 Å². The van der Waals surface area contributed by atoms with Gasteiger partial charge in [-0.1, -0.05) is 6.92 Å². The zero-order chi connectivity index (χ0) is 22.6. The van der Waals surface area contributed by atoms with E-state index in [0.717, 1.165) is 54.8 Å². The van der Waals surface area contributed by atoms with Crippen molar-refractivity contribution in [3.05, 3.63) is 30.3 Å². The molecule has 1 aliphatic carbocycles. The molecule has 2 fully saturated rings. The largest absolute Gasteiger partial charge is 0.354 e. The third kappa shape index (κ3) is 5.75. The van der Waals surface area contributed by atoms with E-state index in [2.05, 4.69) is 31.4 Å². The van der Waals surface area contributed by atoms with Gasteiger partial charge in [-0.05, 0) is 54.8 Å². The molecule has 1 unspecified atom stereocenters. The number of amides is 1. The molecular weight excluding hydrogens is 436 g/mol. The minimum atomic E-state index is 0.00696. The number of carbonyl (C=O) groups excluding carboxylic acids is 1.